The van der Waals surface area contributed by atoms with Gasteiger partial charge in [-0.15, -0.1) is 0 Å². The number of nitrogens with zero attached hydrogens (tertiary/aromatic N) is 2. The maximum absolute atomic E-state index is 13.3. The number of hydrogen-bond donors (Lipinski definition) is 1. The molecule has 2 amide bonds. The van der Waals surface area contributed by atoms with Crippen molar-refractivity contribution in [3.8, 4) is 5.75 Å². The fourth-order valence-corrected chi connectivity index (χ4v) is 4.73. The van der Waals surface area contributed by atoms with Crippen LogP contribution in [0.25, 0.3) is 0 Å². The van der Waals surface area contributed by atoms with Crippen LogP contribution in [0.1, 0.15) is 50.4 Å². The van der Waals surface area contributed by atoms with Crippen LogP contribution in [0.3, 0.4) is 0 Å². The van der Waals surface area contributed by atoms with Crippen molar-refractivity contribution in [2.45, 2.75) is 52.2 Å². The molecule has 0 saturated carbocycles. The van der Waals surface area contributed by atoms with Crippen LogP contribution in [0, 0.1) is 11.8 Å². The quantitative estimate of drug-likeness (QED) is 0.704. The number of fused-ring (bicyclic) bond motifs is 1. The topological polar surface area (TPSA) is 80.3 Å². The van der Waals surface area contributed by atoms with Crippen molar-refractivity contribution in [2.24, 2.45) is 11.8 Å². The third kappa shape index (κ3) is 6.71. The zero-order valence-electron chi connectivity index (χ0n) is 21.3. The second-order valence-electron chi connectivity index (χ2n) is 9.68. The van der Waals surface area contributed by atoms with Crippen LogP contribution in [0.2, 0.25) is 0 Å². The maximum Gasteiger partial charge on any atom is 0.257 e. The van der Waals surface area contributed by atoms with E-state index in [4.69, 9.17) is 14.2 Å². The first-order chi connectivity index (χ1) is 16.3. The van der Waals surface area contributed by atoms with Gasteiger partial charge in [0.05, 0.1) is 11.7 Å². The first kappa shape index (κ1) is 26.4. The summed E-state index contributed by atoms with van der Waals surface area (Å²) in [6, 6.07) is 5.47. The molecule has 1 aromatic rings. The molecule has 0 unspecified atom stereocenters. The van der Waals surface area contributed by atoms with Crippen molar-refractivity contribution in [3.63, 3.8) is 0 Å². The highest BCUT2D eigenvalue weighted by Crippen LogP contribution is 2.28. The third-order valence-corrected chi connectivity index (χ3v) is 6.95. The number of carbonyl (C=O) groups excluding carboxylic acids is 2. The summed E-state index contributed by atoms with van der Waals surface area (Å²) in [4.78, 5) is 30.2. The molecular formula is C26H41N3O5. The summed E-state index contributed by atoms with van der Waals surface area (Å²) in [5.74, 6) is 0.562. The second-order valence-corrected chi connectivity index (χ2v) is 9.68. The predicted molar refractivity (Wildman–Crippen MR) is 132 cm³/mol. The molecule has 34 heavy (non-hydrogen) atoms. The first-order valence-electron chi connectivity index (χ1n) is 12.5. The molecule has 1 saturated heterocycles. The number of likely N-dealkylation sites (N-methyl/N-ethyl adjacent to an activating group) is 1. The van der Waals surface area contributed by atoms with Crippen molar-refractivity contribution in [2.75, 3.05) is 58.9 Å². The number of anilines is 1. The number of nitrogens with one attached hydrogen (secondary N) is 1. The van der Waals surface area contributed by atoms with Crippen molar-refractivity contribution in [1.29, 1.82) is 0 Å². The van der Waals surface area contributed by atoms with E-state index in [1.54, 1.807) is 37.3 Å². The minimum atomic E-state index is -0.120. The SMILES string of the molecule is CCCN1C[C@@H](C)[C@H](OC)CN(C)C(=O)c2ccc(NC(=O)C3CCOCC3)cc2OC[C@@H]1C. The molecule has 0 aromatic heterocycles. The minimum absolute atomic E-state index is 0.0146. The number of methoxy groups -OCH3 is 1. The Morgan fingerprint density at radius 2 is 1.94 bits per heavy atom. The van der Waals surface area contributed by atoms with E-state index >= 15 is 0 Å². The summed E-state index contributed by atoms with van der Waals surface area (Å²) in [6.07, 6.45) is 2.43. The Balaban J connectivity index is 1.86. The molecule has 8 nitrogen and oxygen atoms in total. The van der Waals surface area contributed by atoms with E-state index < -0.39 is 0 Å². The first-order valence-corrected chi connectivity index (χ1v) is 12.5. The molecule has 0 bridgehead atoms. The van der Waals surface area contributed by atoms with E-state index in [1.165, 1.54) is 0 Å². The summed E-state index contributed by atoms with van der Waals surface area (Å²) < 4.78 is 17.4. The predicted octanol–water partition coefficient (Wildman–Crippen LogP) is 3.27. The van der Waals surface area contributed by atoms with Crippen LogP contribution < -0.4 is 10.1 Å². The third-order valence-electron chi connectivity index (χ3n) is 6.95. The largest absolute Gasteiger partial charge is 0.491 e. The van der Waals surface area contributed by atoms with Crippen LogP contribution in [0.5, 0.6) is 5.75 Å². The fourth-order valence-electron chi connectivity index (χ4n) is 4.73. The smallest absolute Gasteiger partial charge is 0.257 e. The lowest BCUT2D eigenvalue weighted by Crippen LogP contribution is -2.46. The Labute approximate surface area is 203 Å². The standard InChI is InChI=1S/C26H41N3O5/c1-6-11-29-15-18(2)24(32-5)16-28(4)26(31)22-8-7-21(14-23(22)34-17-19(29)3)27-25(30)20-9-12-33-13-10-20/h7-8,14,18-20,24H,6,9-13,15-17H2,1-5H3,(H,27,30)/t18-,19+,24-/m1/s1. The molecule has 1 fully saturated rings. The van der Waals surface area contributed by atoms with Gasteiger partial charge in [-0.2, -0.15) is 0 Å². The highest BCUT2D eigenvalue weighted by atomic mass is 16.5. The van der Waals surface area contributed by atoms with E-state index in [2.05, 4.69) is 31.0 Å². The molecule has 3 atom stereocenters. The molecule has 1 aromatic carbocycles. The van der Waals surface area contributed by atoms with Crippen LogP contribution >= 0.6 is 0 Å². The summed E-state index contributed by atoms with van der Waals surface area (Å²) in [6.45, 7) is 10.5. The highest BCUT2D eigenvalue weighted by molar-refractivity contribution is 5.98. The van der Waals surface area contributed by atoms with Gasteiger partial charge in [-0.25, -0.2) is 0 Å². The Morgan fingerprint density at radius 1 is 1.21 bits per heavy atom. The number of amides is 2. The van der Waals surface area contributed by atoms with Gasteiger partial charge in [-0.3, -0.25) is 14.5 Å². The normalized spacial score (nSPS) is 25.6. The summed E-state index contributed by atoms with van der Waals surface area (Å²) in [5.41, 5.74) is 1.13. The molecule has 190 valence electrons. The lowest BCUT2D eigenvalue weighted by molar-refractivity contribution is -0.122. The monoisotopic (exact) mass is 475 g/mol. The Morgan fingerprint density at radius 3 is 2.62 bits per heavy atom. The van der Waals surface area contributed by atoms with E-state index in [1.807, 2.05) is 0 Å². The molecule has 0 spiro atoms. The number of ether oxygens (including phenoxy) is 3. The van der Waals surface area contributed by atoms with E-state index in [0.29, 0.717) is 43.4 Å². The molecule has 1 N–H and O–H groups in total. The minimum Gasteiger partial charge on any atom is -0.491 e. The number of carbonyl (C=O) groups is 2. The van der Waals surface area contributed by atoms with Crippen molar-refractivity contribution < 1.29 is 23.8 Å². The molecular weight excluding hydrogens is 434 g/mol. The Bertz CT molecular complexity index is 827. The zero-order valence-corrected chi connectivity index (χ0v) is 21.3. The second kappa shape index (κ2) is 12.5. The van der Waals surface area contributed by atoms with Gasteiger partial charge in [0.25, 0.3) is 5.91 Å². The Kier molecular flexibility index (Phi) is 9.74. The van der Waals surface area contributed by atoms with Gasteiger partial charge in [-0.1, -0.05) is 13.8 Å². The average molecular weight is 476 g/mol. The van der Waals surface area contributed by atoms with Gasteiger partial charge in [0.1, 0.15) is 12.4 Å². The molecule has 3 rings (SSSR count). The molecule has 2 aliphatic heterocycles. The van der Waals surface area contributed by atoms with Gasteiger partial charge < -0.3 is 24.4 Å². The molecule has 2 aliphatic rings. The van der Waals surface area contributed by atoms with E-state index in [9.17, 15) is 9.59 Å². The van der Waals surface area contributed by atoms with Gasteiger partial charge in [-0.05, 0) is 50.8 Å². The van der Waals surface area contributed by atoms with Gasteiger partial charge in [0.15, 0.2) is 0 Å². The van der Waals surface area contributed by atoms with Crippen molar-refractivity contribution >= 4 is 17.5 Å². The van der Waals surface area contributed by atoms with Gasteiger partial charge >= 0.3 is 0 Å². The molecule has 0 radical (unpaired) electrons. The molecule has 8 heteroatoms. The zero-order chi connectivity index (χ0) is 24.7. The summed E-state index contributed by atoms with van der Waals surface area (Å²) in [5, 5.41) is 3.01. The van der Waals surface area contributed by atoms with Crippen molar-refractivity contribution in [3.05, 3.63) is 23.8 Å². The number of benzene rings is 1. The fraction of sp³-hybridized carbons (Fsp3) is 0.692. The van der Waals surface area contributed by atoms with Crippen LogP contribution in [0.15, 0.2) is 18.2 Å². The van der Waals surface area contributed by atoms with E-state index in [-0.39, 0.29) is 35.8 Å². The summed E-state index contributed by atoms with van der Waals surface area (Å²) >= 11 is 0. The van der Waals surface area contributed by atoms with Crippen LogP contribution in [-0.2, 0) is 14.3 Å². The van der Waals surface area contributed by atoms with Gasteiger partial charge in [0, 0.05) is 64.2 Å². The van der Waals surface area contributed by atoms with Crippen LogP contribution in [0.4, 0.5) is 5.69 Å². The molecule has 0 aliphatic carbocycles. The lowest BCUT2D eigenvalue weighted by Gasteiger charge is -2.35. The average Bonchev–Trinajstić information content (AvgIpc) is 2.84. The van der Waals surface area contributed by atoms with Crippen LogP contribution in [-0.4, -0.2) is 87.4 Å². The van der Waals surface area contributed by atoms with Crippen molar-refractivity contribution in [1.82, 2.24) is 9.80 Å². The number of hydrogen-bond acceptors (Lipinski definition) is 6. The summed E-state index contributed by atoms with van der Waals surface area (Å²) in [7, 11) is 3.51. The maximum atomic E-state index is 13.3. The highest BCUT2D eigenvalue weighted by Gasteiger charge is 2.28. The lowest BCUT2D eigenvalue weighted by atomic mass is 9.99. The molecule has 2 heterocycles. The Hall–Kier alpha value is -2.16. The van der Waals surface area contributed by atoms with Gasteiger partial charge in [0.2, 0.25) is 5.91 Å². The van der Waals surface area contributed by atoms with E-state index in [0.717, 1.165) is 32.4 Å². The number of rotatable bonds is 5.